The topological polar surface area (TPSA) is 0 Å². The molecule has 0 heterocycles. The van der Waals surface area contributed by atoms with E-state index in [1.165, 1.54) is 36.4 Å². The largest absolute Gasteiger partial charge is 0.207 e. The fraction of sp³-hybridized carbons (Fsp3) is 0. The molecule has 0 aliphatic rings. The smallest absolute Gasteiger partial charge is 0.123 e. The zero-order valence-corrected chi connectivity index (χ0v) is 17.3. The minimum absolute atomic E-state index is 0.322. The summed E-state index contributed by atoms with van der Waals surface area (Å²) in [5.41, 5.74) is 4.10. The van der Waals surface area contributed by atoms with E-state index < -0.39 is 0 Å². The van der Waals surface area contributed by atoms with Crippen LogP contribution in [0.25, 0.3) is 0 Å². The van der Waals surface area contributed by atoms with Gasteiger partial charge in [0.2, 0.25) is 0 Å². The van der Waals surface area contributed by atoms with E-state index in [1.54, 1.807) is 36.4 Å². The van der Waals surface area contributed by atoms with E-state index in [2.05, 4.69) is 35.5 Å². The fourth-order valence-electron chi connectivity index (χ4n) is 2.88. The van der Waals surface area contributed by atoms with Gasteiger partial charge in [-0.25, -0.2) is 13.2 Å². The van der Waals surface area contributed by atoms with Gasteiger partial charge in [-0.2, -0.15) is 0 Å². The molecule has 0 aliphatic heterocycles. The van der Waals surface area contributed by atoms with Crippen molar-refractivity contribution in [2.75, 3.05) is 0 Å². The molecule has 0 spiro atoms. The van der Waals surface area contributed by atoms with Gasteiger partial charge in [0.05, 0.1) is 0 Å². The Morgan fingerprint density at radius 2 is 0.515 bits per heavy atom. The second-order valence-electron chi connectivity index (χ2n) is 7.07. The van der Waals surface area contributed by atoms with Crippen molar-refractivity contribution in [1.29, 1.82) is 0 Å². The predicted molar refractivity (Wildman–Crippen MR) is 124 cm³/mol. The highest BCUT2D eigenvalue weighted by Gasteiger charge is 1.98. The molecule has 0 radical (unpaired) electrons. The van der Waals surface area contributed by atoms with Gasteiger partial charge < -0.3 is 0 Å². The van der Waals surface area contributed by atoms with Gasteiger partial charge in [-0.1, -0.05) is 35.5 Å². The number of hydrogen-bond acceptors (Lipinski definition) is 0. The van der Waals surface area contributed by atoms with Crippen LogP contribution in [0.5, 0.6) is 0 Å². The molecule has 0 aliphatic carbocycles. The van der Waals surface area contributed by atoms with Crippen molar-refractivity contribution in [2.45, 2.75) is 0 Å². The van der Waals surface area contributed by atoms with Crippen molar-refractivity contribution in [1.82, 2.24) is 0 Å². The molecule has 156 valence electrons. The van der Waals surface area contributed by atoms with E-state index in [0.717, 1.165) is 0 Å². The third-order valence-corrected chi connectivity index (χ3v) is 4.52. The van der Waals surface area contributed by atoms with Gasteiger partial charge in [-0.3, -0.25) is 0 Å². The first-order valence-electron chi connectivity index (χ1n) is 10.0. The summed E-state index contributed by atoms with van der Waals surface area (Å²) < 4.78 is 39.4. The summed E-state index contributed by atoms with van der Waals surface area (Å²) in [6.07, 6.45) is 0. The zero-order valence-electron chi connectivity index (χ0n) is 17.3. The Kier molecular flexibility index (Phi) is 6.61. The molecular weight excluding hydrogens is 417 g/mol. The summed E-state index contributed by atoms with van der Waals surface area (Å²) in [5.74, 6) is 17.2. The van der Waals surface area contributed by atoms with Gasteiger partial charge in [-0.05, 0) is 91.0 Å². The first-order chi connectivity index (χ1) is 16.0. The third kappa shape index (κ3) is 6.41. The summed E-state index contributed by atoms with van der Waals surface area (Å²) in [6, 6.07) is 23.3. The molecule has 0 saturated heterocycles. The van der Waals surface area contributed by atoms with Crippen molar-refractivity contribution in [3.05, 3.63) is 142 Å². The van der Waals surface area contributed by atoms with E-state index in [9.17, 15) is 13.2 Å². The molecule has 4 aromatic carbocycles. The zero-order chi connectivity index (χ0) is 23.0. The quantitative estimate of drug-likeness (QED) is 0.286. The summed E-state index contributed by atoms with van der Waals surface area (Å²) in [4.78, 5) is 0. The van der Waals surface area contributed by atoms with E-state index >= 15 is 0 Å². The van der Waals surface area contributed by atoms with E-state index in [1.807, 2.05) is 18.2 Å². The second kappa shape index (κ2) is 10.1. The van der Waals surface area contributed by atoms with Crippen LogP contribution in [0.1, 0.15) is 33.4 Å². The van der Waals surface area contributed by atoms with Crippen LogP contribution >= 0.6 is 0 Å². The van der Waals surface area contributed by atoms with Gasteiger partial charge in [0, 0.05) is 33.4 Å². The maximum absolute atomic E-state index is 13.1. The minimum atomic E-state index is -0.322. The maximum Gasteiger partial charge on any atom is 0.123 e. The molecule has 0 nitrogen and oxygen atoms in total. The lowest BCUT2D eigenvalue weighted by Gasteiger charge is -1.98. The van der Waals surface area contributed by atoms with Gasteiger partial charge in [0.15, 0.2) is 0 Å². The lowest BCUT2D eigenvalue weighted by Crippen LogP contribution is -1.86. The van der Waals surface area contributed by atoms with Crippen molar-refractivity contribution in [2.24, 2.45) is 0 Å². The second-order valence-corrected chi connectivity index (χ2v) is 7.07. The Hall–Kier alpha value is -4.65. The highest BCUT2D eigenvalue weighted by molar-refractivity contribution is 5.55. The lowest BCUT2D eigenvalue weighted by molar-refractivity contribution is 0.627. The standard InChI is InChI=1S/C30H15F3/c31-28-13-7-22(8-14-28)1-4-25-19-26(5-2-23-9-15-29(32)16-10-23)21-27(20-25)6-3-24-11-17-30(33)18-12-24/h7-21H. The predicted octanol–water partition coefficient (Wildman–Crippen LogP) is 6.30. The Labute approximate surface area is 190 Å². The van der Waals surface area contributed by atoms with E-state index in [0.29, 0.717) is 33.4 Å². The Morgan fingerprint density at radius 3 is 0.758 bits per heavy atom. The molecule has 0 unspecified atom stereocenters. The van der Waals surface area contributed by atoms with Crippen LogP contribution in [0.3, 0.4) is 0 Å². The first kappa shape index (κ1) is 21.6. The molecule has 4 aromatic rings. The summed E-state index contributed by atoms with van der Waals surface area (Å²) >= 11 is 0. The van der Waals surface area contributed by atoms with Crippen LogP contribution in [-0.4, -0.2) is 0 Å². The van der Waals surface area contributed by atoms with Gasteiger partial charge >= 0.3 is 0 Å². The molecule has 0 saturated carbocycles. The Morgan fingerprint density at radius 1 is 0.303 bits per heavy atom. The first-order valence-corrected chi connectivity index (χ1v) is 10.0. The molecule has 0 atom stereocenters. The van der Waals surface area contributed by atoms with Crippen LogP contribution < -0.4 is 0 Å². The molecule has 0 N–H and O–H groups in total. The highest BCUT2D eigenvalue weighted by Crippen LogP contribution is 2.11. The number of rotatable bonds is 0. The van der Waals surface area contributed by atoms with Crippen LogP contribution in [0.4, 0.5) is 13.2 Å². The molecule has 0 bridgehead atoms. The van der Waals surface area contributed by atoms with Gasteiger partial charge in [0.25, 0.3) is 0 Å². The van der Waals surface area contributed by atoms with Crippen molar-refractivity contribution < 1.29 is 13.2 Å². The lowest BCUT2D eigenvalue weighted by atomic mass is 10.0. The maximum atomic E-state index is 13.1. The van der Waals surface area contributed by atoms with Crippen LogP contribution in [0.2, 0.25) is 0 Å². The number of benzene rings is 4. The van der Waals surface area contributed by atoms with Crippen LogP contribution in [0, 0.1) is 53.0 Å². The van der Waals surface area contributed by atoms with Crippen molar-refractivity contribution in [3.63, 3.8) is 0 Å². The number of halogens is 3. The molecule has 0 fully saturated rings. The minimum Gasteiger partial charge on any atom is -0.207 e. The Bertz CT molecular complexity index is 1260. The molecule has 4 rings (SSSR count). The van der Waals surface area contributed by atoms with Crippen LogP contribution in [-0.2, 0) is 0 Å². The van der Waals surface area contributed by atoms with E-state index in [4.69, 9.17) is 0 Å². The van der Waals surface area contributed by atoms with Crippen molar-refractivity contribution >= 4 is 0 Å². The average molecular weight is 432 g/mol. The van der Waals surface area contributed by atoms with Gasteiger partial charge in [-0.15, -0.1) is 0 Å². The molecule has 0 amide bonds. The van der Waals surface area contributed by atoms with Crippen molar-refractivity contribution in [3.8, 4) is 35.5 Å². The summed E-state index contributed by atoms with van der Waals surface area (Å²) in [7, 11) is 0. The third-order valence-electron chi connectivity index (χ3n) is 4.52. The molecular formula is C30H15F3. The summed E-state index contributed by atoms with van der Waals surface area (Å²) in [5, 5.41) is 0. The van der Waals surface area contributed by atoms with Crippen LogP contribution in [0.15, 0.2) is 91.0 Å². The molecule has 0 aromatic heterocycles. The van der Waals surface area contributed by atoms with E-state index in [-0.39, 0.29) is 17.5 Å². The molecule has 33 heavy (non-hydrogen) atoms. The van der Waals surface area contributed by atoms with Gasteiger partial charge in [0.1, 0.15) is 17.5 Å². The summed E-state index contributed by atoms with van der Waals surface area (Å²) in [6.45, 7) is 0. The molecule has 3 heteroatoms. The SMILES string of the molecule is Fc1ccc(C#Cc2cc(C#Cc3ccc(F)cc3)cc(C#Cc3ccc(F)cc3)c2)cc1. The highest BCUT2D eigenvalue weighted by atomic mass is 19.1. The normalized spacial score (nSPS) is 9.55. The number of hydrogen-bond donors (Lipinski definition) is 0. The monoisotopic (exact) mass is 432 g/mol. The average Bonchev–Trinajstić information content (AvgIpc) is 2.83. The fourth-order valence-corrected chi connectivity index (χ4v) is 2.88. The Balaban J connectivity index is 1.70.